The summed E-state index contributed by atoms with van der Waals surface area (Å²) in [6.45, 7) is 4.72. The zero-order valence-electron chi connectivity index (χ0n) is 21.6. The molecule has 40 heavy (non-hydrogen) atoms. The lowest BCUT2D eigenvalue weighted by Gasteiger charge is -2.58. The lowest BCUT2D eigenvalue weighted by atomic mass is 9.71. The van der Waals surface area contributed by atoms with Crippen LogP contribution >= 0.6 is 0 Å². The Morgan fingerprint density at radius 1 is 1.10 bits per heavy atom. The van der Waals surface area contributed by atoms with Crippen LogP contribution in [0.1, 0.15) is 41.2 Å². The van der Waals surface area contributed by atoms with E-state index >= 15 is 0 Å². The van der Waals surface area contributed by atoms with Crippen molar-refractivity contribution >= 4 is 10.9 Å². The zero-order chi connectivity index (χ0) is 28.2. The van der Waals surface area contributed by atoms with Crippen molar-refractivity contribution in [2.75, 3.05) is 20.2 Å². The van der Waals surface area contributed by atoms with Gasteiger partial charge in [-0.25, -0.2) is 0 Å². The third-order valence-electron chi connectivity index (χ3n) is 8.57. The summed E-state index contributed by atoms with van der Waals surface area (Å²) in [5.41, 5.74) is -1.61. The van der Waals surface area contributed by atoms with E-state index in [-0.39, 0.29) is 51.5 Å². The van der Waals surface area contributed by atoms with Gasteiger partial charge in [-0.1, -0.05) is 12.1 Å². The van der Waals surface area contributed by atoms with Gasteiger partial charge < -0.3 is 31.3 Å². The van der Waals surface area contributed by atoms with Crippen LogP contribution < -0.4 is 21.7 Å². The summed E-state index contributed by atoms with van der Waals surface area (Å²) in [5, 5.41) is 12.5. The molecule has 0 aliphatic carbocycles. The predicted octanol–water partition coefficient (Wildman–Crippen LogP) is 3.93. The number of rotatable bonds is 6. The Morgan fingerprint density at radius 2 is 1.85 bits per heavy atom. The van der Waals surface area contributed by atoms with E-state index in [1.807, 2.05) is 6.08 Å². The minimum Gasteiger partial charge on any atom is -1.00 e. The molecule has 3 aromatic rings. The Balaban J connectivity index is 0.00000370. The van der Waals surface area contributed by atoms with Crippen LogP contribution in [0.2, 0.25) is 0 Å². The van der Waals surface area contributed by atoms with Crippen molar-refractivity contribution in [3.8, 4) is 5.75 Å². The first-order valence-corrected chi connectivity index (χ1v) is 12.7. The maximum atomic E-state index is 14.1. The predicted molar refractivity (Wildman–Crippen MR) is 134 cm³/mol. The maximum absolute atomic E-state index is 14.1. The van der Waals surface area contributed by atoms with E-state index < -0.39 is 35.6 Å². The number of pyridine rings is 1. The average molecular weight is 631 g/mol. The van der Waals surface area contributed by atoms with Gasteiger partial charge >= 0.3 is 12.4 Å². The highest BCUT2D eigenvalue weighted by molar-refractivity contribution is 5.83. The number of hydrogen-bond donors (Lipinski definition) is 1. The summed E-state index contributed by atoms with van der Waals surface area (Å²) in [4.78, 5) is 4.37. The van der Waals surface area contributed by atoms with Crippen LogP contribution in [0.4, 0.5) is 26.3 Å². The molecule has 2 bridgehead atoms. The van der Waals surface area contributed by atoms with Crippen molar-refractivity contribution in [2.45, 2.75) is 43.9 Å². The number of aliphatic hydroxyl groups is 1. The molecule has 0 unspecified atom stereocenters. The fourth-order valence-corrected chi connectivity index (χ4v) is 6.61. The zero-order valence-corrected chi connectivity index (χ0v) is 23.2. The second kappa shape index (κ2) is 11.0. The van der Waals surface area contributed by atoms with Gasteiger partial charge in [0, 0.05) is 35.9 Å². The first-order chi connectivity index (χ1) is 18.4. The Hall–Kier alpha value is -2.63. The third-order valence-corrected chi connectivity index (χ3v) is 8.57. The van der Waals surface area contributed by atoms with Crippen LogP contribution in [0.25, 0.3) is 10.9 Å². The fraction of sp³-hybridized carbons (Fsp3) is 0.414. The molecule has 4 heterocycles. The second-order valence-corrected chi connectivity index (χ2v) is 10.6. The largest absolute Gasteiger partial charge is 1.00 e. The molecule has 0 saturated carbocycles. The number of ether oxygens (including phenoxy) is 1. The minimum absolute atomic E-state index is 0. The number of methoxy groups -OCH3 is 1. The van der Waals surface area contributed by atoms with Gasteiger partial charge in [-0.15, -0.1) is 6.58 Å². The number of quaternary nitrogens is 1. The van der Waals surface area contributed by atoms with Gasteiger partial charge in [0.25, 0.3) is 0 Å². The molecule has 3 fully saturated rings. The minimum atomic E-state index is -4.97. The molecule has 1 N–H and O–H groups in total. The summed E-state index contributed by atoms with van der Waals surface area (Å²) < 4.78 is 87.5. The maximum Gasteiger partial charge on any atom is 0.416 e. The molecule has 5 atom stereocenters. The SMILES string of the molecule is C=C[C@H]1C[N@+]2(Cc3ccc(C(F)(F)F)cc3C(F)(F)F)CC[C@H]1C[C@@H]2[C@@H](O)c1ccnc2ccc(OC)cc12.[Br-]. The Bertz CT molecular complexity index is 1400. The number of fused-ring (bicyclic) bond motifs is 4. The number of benzene rings is 2. The van der Waals surface area contributed by atoms with Crippen molar-refractivity contribution in [3.63, 3.8) is 0 Å². The average Bonchev–Trinajstić information content (AvgIpc) is 2.90. The molecular weight excluding hydrogens is 602 g/mol. The highest BCUT2D eigenvalue weighted by Gasteiger charge is 2.54. The lowest BCUT2D eigenvalue weighted by molar-refractivity contribution is -0.985. The number of hydrogen-bond acceptors (Lipinski definition) is 3. The molecule has 2 aromatic carbocycles. The van der Waals surface area contributed by atoms with Gasteiger partial charge in [0.2, 0.25) is 0 Å². The normalized spacial score (nSPS) is 25.4. The van der Waals surface area contributed by atoms with Crippen molar-refractivity contribution in [1.82, 2.24) is 4.98 Å². The van der Waals surface area contributed by atoms with Crippen LogP contribution in [0.5, 0.6) is 5.75 Å². The molecule has 0 radical (unpaired) electrons. The highest BCUT2D eigenvalue weighted by Crippen LogP contribution is 2.49. The van der Waals surface area contributed by atoms with Crippen molar-refractivity contribution in [1.29, 1.82) is 0 Å². The van der Waals surface area contributed by atoms with Crippen LogP contribution in [-0.2, 0) is 18.9 Å². The summed E-state index contributed by atoms with van der Waals surface area (Å²) in [7, 11) is 1.53. The second-order valence-electron chi connectivity index (χ2n) is 10.6. The van der Waals surface area contributed by atoms with Crippen molar-refractivity contribution in [2.24, 2.45) is 11.8 Å². The number of aromatic nitrogens is 1. The molecule has 6 rings (SSSR count). The van der Waals surface area contributed by atoms with Crippen LogP contribution in [0.3, 0.4) is 0 Å². The highest BCUT2D eigenvalue weighted by atomic mass is 79.9. The summed E-state index contributed by atoms with van der Waals surface area (Å²) >= 11 is 0. The van der Waals surface area contributed by atoms with E-state index in [1.165, 1.54) is 7.11 Å². The molecule has 1 aromatic heterocycles. The molecule has 216 valence electrons. The van der Waals surface area contributed by atoms with E-state index in [2.05, 4.69) is 11.6 Å². The molecule has 11 heteroatoms. The number of alkyl halides is 6. The molecular formula is C29H29BrF6N2O2. The summed E-state index contributed by atoms with van der Waals surface area (Å²) in [5.74, 6) is 0.810. The van der Waals surface area contributed by atoms with Gasteiger partial charge in [-0.2, -0.15) is 26.3 Å². The third kappa shape index (κ3) is 5.47. The number of piperidine rings is 3. The van der Waals surface area contributed by atoms with E-state index in [0.29, 0.717) is 47.8 Å². The van der Waals surface area contributed by atoms with Gasteiger partial charge in [0.05, 0.1) is 36.8 Å². The molecule has 0 spiro atoms. The fourth-order valence-electron chi connectivity index (χ4n) is 6.61. The Labute approximate surface area is 238 Å². The van der Waals surface area contributed by atoms with Crippen LogP contribution in [0.15, 0.2) is 61.3 Å². The molecule has 3 saturated heterocycles. The Kier molecular flexibility index (Phi) is 8.33. The number of aliphatic hydroxyl groups excluding tert-OH is 1. The van der Waals surface area contributed by atoms with E-state index in [1.54, 1.807) is 30.5 Å². The van der Waals surface area contributed by atoms with Crippen molar-refractivity contribution < 1.29 is 57.7 Å². The van der Waals surface area contributed by atoms with Gasteiger partial charge in [-0.05, 0) is 47.9 Å². The smallest absolute Gasteiger partial charge is 0.416 e. The van der Waals surface area contributed by atoms with Crippen LogP contribution in [0, 0.1) is 11.8 Å². The quantitative estimate of drug-likeness (QED) is 0.255. The van der Waals surface area contributed by atoms with E-state index in [0.717, 1.165) is 12.5 Å². The molecule has 0 amide bonds. The number of halogens is 7. The van der Waals surface area contributed by atoms with E-state index in [4.69, 9.17) is 4.74 Å². The Morgan fingerprint density at radius 3 is 2.50 bits per heavy atom. The van der Waals surface area contributed by atoms with Gasteiger partial charge in [0.15, 0.2) is 0 Å². The topological polar surface area (TPSA) is 42.4 Å². The van der Waals surface area contributed by atoms with Crippen LogP contribution in [-0.4, -0.2) is 40.8 Å². The van der Waals surface area contributed by atoms with Crippen molar-refractivity contribution in [3.05, 3.63) is 83.6 Å². The number of nitrogens with zero attached hydrogens (tertiary/aromatic N) is 2. The molecule has 3 aliphatic rings. The van der Waals surface area contributed by atoms with E-state index in [9.17, 15) is 31.4 Å². The standard InChI is InChI=1S/C29H29F6N2O2.BrH/c1-3-17-15-37(16-19-4-5-20(28(30,31)32)13-24(19)29(33,34)35)11-9-18(17)12-26(37)27(38)22-8-10-36-25-7-6-21(39-2)14-23(22)25;/h3-8,10,13-14,17-18,26-27,38H,1,9,11-12,15-16H2,2H3;1H/q+1;/p-1/t17-,18-,26+,27-,37-;/m0./s1. The molecule has 4 nitrogen and oxygen atoms in total. The monoisotopic (exact) mass is 630 g/mol. The first-order valence-electron chi connectivity index (χ1n) is 12.7. The van der Waals surface area contributed by atoms with Gasteiger partial charge in [0.1, 0.15) is 24.4 Å². The molecule has 3 aliphatic heterocycles. The summed E-state index contributed by atoms with van der Waals surface area (Å²) in [6.07, 6.45) is -6.24. The first kappa shape index (κ1) is 30.3. The lowest BCUT2D eigenvalue weighted by Crippen LogP contribution is -3.00. The van der Waals surface area contributed by atoms with Gasteiger partial charge in [-0.3, -0.25) is 4.98 Å². The summed E-state index contributed by atoms with van der Waals surface area (Å²) in [6, 6.07) is 8.38.